The van der Waals surface area contributed by atoms with Crippen LogP contribution in [0.25, 0.3) is 0 Å². The van der Waals surface area contributed by atoms with Crippen molar-refractivity contribution < 1.29 is 14.0 Å². The smallest absolute Gasteiger partial charge is 0.242 e. The predicted octanol–water partition coefficient (Wildman–Crippen LogP) is 3.09. The zero-order valence-corrected chi connectivity index (χ0v) is 16.4. The first-order chi connectivity index (χ1) is 13.5. The number of carbonyl (C=O) groups is 2. The van der Waals surface area contributed by atoms with Gasteiger partial charge in [-0.2, -0.15) is 0 Å². The van der Waals surface area contributed by atoms with Crippen LogP contribution in [-0.4, -0.2) is 49.4 Å². The topological polar surface area (TPSA) is 43.9 Å². The minimum atomic E-state index is -0.249. The number of para-hydroxylation sites is 1. The molecule has 1 aliphatic rings. The Labute approximate surface area is 165 Å². The number of amides is 2. The van der Waals surface area contributed by atoms with Crippen molar-refractivity contribution in [1.29, 1.82) is 0 Å². The number of benzene rings is 2. The molecule has 2 aromatic rings. The number of anilines is 2. The lowest BCUT2D eigenvalue weighted by Crippen LogP contribution is -2.52. The zero-order chi connectivity index (χ0) is 20.1. The second-order valence-corrected chi connectivity index (χ2v) is 6.94. The second-order valence-electron chi connectivity index (χ2n) is 6.94. The zero-order valence-electron chi connectivity index (χ0n) is 16.4. The number of piperazine rings is 1. The highest BCUT2D eigenvalue weighted by Gasteiger charge is 2.25. The van der Waals surface area contributed by atoms with Gasteiger partial charge in [-0.1, -0.05) is 31.2 Å². The monoisotopic (exact) mass is 383 g/mol. The summed E-state index contributed by atoms with van der Waals surface area (Å²) >= 11 is 0. The van der Waals surface area contributed by atoms with Gasteiger partial charge in [-0.25, -0.2) is 4.39 Å². The molecule has 0 spiro atoms. The first kappa shape index (κ1) is 19.9. The third-order valence-electron chi connectivity index (χ3n) is 5.16. The van der Waals surface area contributed by atoms with Crippen molar-refractivity contribution >= 4 is 23.2 Å². The van der Waals surface area contributed by atoms with Crippen molar-refractivity contribution in [3.8, 4) is 0 Å². The largest absolute Gasteiger partial charge is 0.366 e. The fourth-order valence-electron chi connectivity index (χ4n) is 3.44. The van der Waals surface area contributed by atoms with E-state index in [4.69, 9.17) is 0 Å². The summed E-state index contributed by atoms with van der Waals surface area (Å²) in [4.78, 5) is 30.1. The third kappa shape index (κ3) is 4.50. The quantitative estimate of drug-likeness (QED) is 0.797. The summed E-state index contributed by atoms with van der Waals surface area (Å²) < 4.78 is 14.0. The van der Waals surface area contributed by atoms with E-state index in [9.17, 15) is 14.0 Å². The van der Waals surface area contributed by atoms with E-state index in [1.165, 1.54) is 23.5 Å². The second kappa shape index (κ2) is 8.87. The maximum Gasteiger partial charge on any atom is 0.242 e. The first-order valence-electron chi connectivity index (χ1n) is 9.64. The van der Waals surface area contributed by atoms with Crippen LogP contribution in [-0.2, 0) is 16.0 Å². The summed E-state index contributed by atoms with van der Waals surface area (Å²) in [5.74, 6) is -0.508. The van der Waals surface area contributed by atoms with Gasteiger partial charge in [0.1, 0.15) is 12.4 Å². The Morgan fingerprint density at radius 2 is 1.64 bits per heavy atom. The number of carbonyl (C=O) groups excluding carboxylic acids is 2. The van der Waals surface area contributed by atoms with Gasteiger partial charge in [0.05, 0.1) is 5.69 Å². The first-order valence-corrected chi connectivity index (χ1v) is 9.64. The van der Waals surface area contributed by atoms with Crippen LogP contribution < -0.4 is 9.80 Å². The highest BCUT2D eigenvalue weighted by Crippen LogP contribution is 2.21. The van der Waals surface area contributed by atoms with E-state index in [1.54, 1.807) is 17.0 Å². The van der Waals surface area contributed by atoms with Crippen LogP contribution in [0.3, 0.4) is 0 Å². The van der Waals surface area contributed by atoms with E-state index >= 15 is 0 Å². The Hall–Kier alpha value is -2.89. The molecule has 0 radical (unpaired) electrons. The van der Waals surface area contributed by atoms with Crippen LogP contribution >= 0.6 is 0 Å². The van der Waals surface area contributed by atoms with Gasteiger partial charge in [0.15, 0.2) is 0 Å². The minimum Gasteiger partial charge on any atom is -0.366 e. The molecule has 0 bridgehead atoms. The Balaban J connectivity index is 1.62. The van der Waals surface area contributed by atoms with Crippen LogP contribution in [0, 0.1) is 5.82 Å². The number of hydrogen-bond acceptors (Lipinski definition) is 3. The van der Waals surface area contributed by atoms with E-state index in [2.05, 4.69) is 6.92 Å². The average Bonchev–Trinajstić information content (AvgIpc) is 2.72. The number of hydrogen-bond donors (Lipinski definition) is 0. The molecule has 28 heavy (non-hydrogen) atoms. The fourth-order valence-corrected chi connectivity index (χ4v) is 3.44. The highest BCUT2D eigenvalue weighted by molar-refractivity contribution is 5.97. The fraction of sp³-hybridized carbons (Fsp3) is 0.364. The third-order valence-corrected chi connectivity index (χ3v) is 5.16. The Kier molecular flexibility index (Phi) is 6.29. The van der Waals surface area contributed by atoms with Crippen molar-refractivity contribution in [2.24, 2.45) is 0 Å². The van der Waals surface area contributed by atoms with E-state index in [0.717, 1.165) is 12.1 Å². The Morgan fingerprint density at radius 1 is 1.00 bits per heavy atom. The van der Waals surface area contributed by atoms with E-state index in [1.807, 2.05) is 35.2 Å². The molecule has 2 aromatic carbocycles. The molecule has 3 rings (SSSR count). The van der Waals surface area contributed by atoms with Crippen molar-refractivity contribution in [3.05, 3.63) is 59.9 Å². The van der Waals surface area contributed by atoms with Crippen LogP contribution in [0.5, 0.6) is 0 Å². The molecule has 2 amide bonds. The van der Waals surface area contributed by atoms with E-state index in [0.29, 0.717) is 31.9 Å². The van der Waals surface area contributed by atoms with Crippen molar-refractivity contribution in [1.82, 2.24) is 4.90 Å². The van der Waals surface area contributed by atoms with Crippen molar-refractivity contribution in [2.75, 3.05) is 42.5 Å². The molecule has 1 fully saturated rings. The van der Waals surface area contributed by atoms with Crippen LogP contribution in [0.15, 0.2) is 48.5 Å². The van der Waals surface area contributed by atoms with Crippen molar-refractivity contribution in [2.45, 2.75) is 20.3 Å². The summed E-state index contributed by atoms with van der Waals surface area (Å²) in [6.07, 6.45) is 0.922. The minimum absolute atomic E-state index is 0.0144. The van der Waals surface area contributed by atoms with Gasteiger partial charge in [-0.3, -0.25) is 9.59 Å². The SMILES string of the molecule is CCc1ccc(N(CC(=O)N2CCN(c3ccccc3F)CC2)C(C)=O)cc1. The average molecular weight is 383 g/mol. The molecular weight excluding hydrogens is 357 g/mol. The van der Waals surface area contributed by atoms with Gasteiger partial charge in [0.25, 0.3) is 0 Å². The van der Waals surface area contributed by atoms with Crippen molar-refractivity contribution in [3.63, 3.8) is 0 Å². The molecule has 0 aromatic heterocycles. The lowest BCUT2D eigenvalue weighted by atomic mass is 10.1. The predicted molar refractivity (Wildman–Crippen MR) is 109 cm³/mol. The Bertz CT molecular complexity index is 830. The Morgan fingerprint density at radius 3 is 2.21 bits per heavy atom. The summed E-state index contributed by atoms with van der Waals surface area (Å²) in [5.41, 5.74) is 2.47. The van der Waals surface area contributed by atoms with Gasteiger partial charge < -0.3 is 14.7 Å². The van der Waals surface area contributed by atoms with Crippen LogP contribution in [0.4, 0.5) is 15.8 Å². The number of nitrogens with zero attached hydrogens (tertiary/aromatic N) is 3. The highest BCUT2D eigenvalue weighted by atomic mass is 19.1. The molecule has 0 unspecified atom stereocenters. The van der Waals surface area contributed by atoms with E-state index < -0.39 is 0 Å². The summed E-state index contributed by atoms with van der Waals surface area (Å²) in [6, 6.07) is 14.4. The molecule has 1 saturated heterocycles. The molecular formula is C22H26FN3O2. The van der Waals surface area contributed by atoms with Gasteiger partial charge >= 0.3 is 0 Å². The van der Waals surface area contributed by atoms with Gasteiger partial charge in [0.2, 0.25) is 11.8 Å². The number of rotatable bonds is 5. The maximum absolute atomic E-state index is 14.0. The lowest BCUT2D eigenvalue weighted by molar-refractivity contribution is -0.131. The molecule has 1 heterocycles. The lowest BCUT2D eigenvalue weighted by Gasteiger charge is -2.37. The van der Waals surface area contributed by atoms with E-state index in [-0.39, 0.29) is 24.2 Å². The normalized spacial score (nSPS) is 14.1. The van der Waals surface area contributed by atoms with Gasteiger partial charge in [-0.15, -0.1) is 0 Å². The summed E-state index contributed by atoms with van der Waals surface area (Å²) in [7, 11) is 0. The van der Waals surface area contributed by atoms with Gasteiger partial charge in [-0.05, 0) is 36.2 Å². The summed E-state index contributed by atoms with van der Waals surface area (Å²) in [5, 5.41) is 0. The van der Waals surface area contributed by atoms with Crippen LogP contribution in [0.1, 0.15) is 19.4 Å². The molecule has 1 aliphatic heterocycles. The molecule has 0 atom stereocenters. The number of halogens is 1. The standard InChI is InChI=1S/C22H26FN3O2/c1-3-18-8-10-19(11-9-18)26(17(2)27)16-22(28)25-14-12-24(13-15-25)21-7-5-4-6-20(21)23/h4-11H,3,12-16H2,1-2H3. The molecule has 6 heteroatoms. The maximum atomic E-state index is 14.0. The molecule has 0 aliphatic carbocycles. The molecule has 148 valence electrons. The van der Waals surface area contributed by atoms with Gasteiger partial charge in [0, 0.05) is 38.8 Å². The van der Waals surface area contributed by atoms with Crippen LogP contribution in [0.2, 0.25) is 0 Å². The molecule has 0 N–H and O–H groups in total. The molecule has 5 nitrogen and oxygen atoms in total. The summed E-state index contributed by atoms with van der Waals surface area (Å²) in [6.45, 7) is 5.71. The molecule has 0 saturated carbocycles. The number of aryl methyl sites for hydroxylation is 1.